The molecule has 0 aliphatic carbocycles. The number of piperazine rings is 1. The van der Waals surface area contributed by atoms with E-state index in [1.54, 1.807) is 35.7 Å². The molecule has 1 saturated heterocycles. The molecule has 1 aliphatic heterocycles. The van der Waals surface area contributed by atoms with Crippen LogP contribution in [-0.2, 0) is 13.6 Å². The number of nitrogens with zero attached hydrogens (tertiary/aromatic N) is 7. The summed E-state index contributed by atoms with van der Waals surface area (Å²) in [6.07, 6.45) is 5.61. The minimum Gasteiger partial charge on any atom is -0.481 e. The molecule has 1 unspecified atom stereocenters. The van der Waals surface area contributed by atoms with Gasteiger partial charge >= 0.3 is 0 Å². The van der Waals surface area contributed by atoms with Crippen LogP contribution in [-0.4, -0.2) is 56.5 Å². The Morgan fingerprint density at radius 3 is 2.62 bits per heavy atom. The predicted octanol–water partition coefficient (Wildman–Crippen LogP) is 3.10. The van der Waals surface area contributed by atoms with E-state index in [0.717, 1.165) is 48.2 Å². The number of hydrogen-bond acceptors (Lipinski definition) is 7. The van der Waals surface area contributed by atoms with Crippen LogP contribution < -0.4 is 15.2 Å². The molecule has 0 spiro atoms. The molecule has 9 heteroatoms. The summed E-state index contributed by atoms with van der Waals surface area (Å²) in [5.41, 5.74) is 3.47. The van der Waals surface area contributed by atoms with Crippen molar-refractivity contribution in [2.45, 2.75) is 58.3 Å². The summed E-state index contributed by atoms with van der Waals surface area (Å²) in [4.78, 5) is 22.1. The number of rotatable bonds is 7. The maximum absolute atomic E-state index is 12.8. The van der Waals surface area contributed by atoms with Crippen LogP contribution >= 0.6 is 0 Å². The van der Waals surface area contributed by atoms with Crippen LogP contribution in [0.1, 0.15) is 45.2 Å². The van der Waals surface area contributed by atoms with Crippen LogP contribution in [0.2, 0.25) is 0 Å². The molecule has 0 bridgehead atoms. The molecule has 3 aromatic rings. The second-order valence-electron chi connectivity index (χ2n) is 8.93. The van der Waals surface area contributed by atoms with E-state index < -0.39 is 0 Å². The molecular formula is C25H33N7O2. The average molecular weight is 464 g/mol. The number of nitriles is 1. The molecule has 1 aliphatic rings. The van der Waals surface area contributed by atoms with Crippen molar-refractivity contribution in [2.75, 3.05) is 25.1 Å². The zero-order valence-corrected chi connectivity index (χ0v) is 20.6. The molecule has 3 atom stereocenters. The summed E-state index contributed by atoms with van der Waals surface area (Å²) in [6.45, 7) is 8.46. The van der Waals surface area contributed by atoms with E-state index in [9.17, 15) is 4.79 Å². The highest BCUT2D eigenvalue weighted by molar-refractivity contribution is 5.88. The van der Waals surface area contributed by atoms with Crippen LogP contribution in [0.4, 0.5) is 5.69 Å². The van der Waals surface area contributed by atoms with Gasteiger partial charge in [0.2, 0.25) is 5.88 Å². The summed E-state index contributed by atoms with van der Waals surface area (Å²) in [7, 11) is 3.38. The third-order valence-electron chi connectivity index (χ3n) is 7.11. The molecule has 180 valence electrons. The minimum atomic E-state index is -0.0676. The van der Waals surface area contributed by atoms with Gasteiger partial charge in [-0.25, -0.2) is 4.98 Å². The van der Waals surface area contributed by atoms with Crippen molar-refractivity contribution in [2.24, 2.45) is 7.05 Å². The van der Waals surface area contributed by atoms with Crippen molar-refractivity contribution in [3.05, 3.63) is 46.5 Å². The normalized spacial score (nSPS) is 19.8. The zero-order chi connectivity index (χ0) is 24.4. The highest BCUT2D eigenvalue weighted by atomic mass is 16.5. The summed E-state index contributed by atoms with van der Waals surface area (Å²) in [5.74, 6) is 0.616. The second-order valence-corrected chi connectivity index (χ2v) is 8.93. The van der Waals surface area contributed by atoms with Crippen molar-refractivity contribution >= 4 is 16.7 Å². The fraction of sp³-hybridized carbons (Fsp3) is 0.520. The molecule has 4 heterocycles. The van der Waals surface area contributed by atoms with Gasteiger partial charge in [0.1, 0.15) is 12.1 Å². The number of anilines is 1. The minimum absolute atomic E-state index is 0.0676. The summed E-state index contributed by atoms with van der Waals surface area (Å²) in [5, 5.41) is 13.8. The lowest BCUT2D eigenvalue weighted by atomic mass is 9.97. The van der Waals surface area contributed by atoms with Gasteiger partial charge in [-0.1, -0.05) is 19.9 Å². The number of methoxy groups -OCH3 is 1. The maximum atomic E-state index is 12.8. The molecule has 0 aromatic carbocycles. The lowest BCUT2D eigenvalue weighted by Crippen LogP contribution is -2.58. The lowest BCUT2D eigenvalue weighted by molar-refractivity contribution is 0.101. The first-order valence-corrected chi connectivity index (χ1v) is 11.9. The van der Waals surface area contributed by atoms with Gasteiger partial charge in [0, 0.05) is 56.6 Å². The van der Waals surface area contributed by atoms with E-state index >= 15 is 0 Å². The topological polar surface area (TPSA) is 92.2 Å². The number of fused-ring (bicyclic) bond motifs is 1. The fourth-order valence-electron chi connectivity index (χ4n) is 5.02. The van der Waals surface area contributed by atoms with Gasteiger partial charge in [-0.15, -0.1) is 0 Å². The van der Waals surface area contributed by atoms with Gasteiger partial charge in [0.25, 0.3) is 5.56 Å². The van der Waals surface area contributed by atoms with Crippen LogP contribution in [0.5, 0.6) is 5.88 Å². The summed E-state index contributed by atoms with van der Waals surface area (Å²) < 4.78 is 8.44. The Bertz CT molecular complexity index is 1240. The average Bonchev–Trinajstić information content (AvgIpc) is 3.29. The van der Waals surface area contributed by atoms with Crippen molar-refractivity contribution in [1.29, 1.82) is 5.26 Å². The SMILES string of the molecule is CC[C@H]1CN(C(C)c2ccc(OC)nc2)[C@H](CC)CN1c1cc(=O)n(C)c2cn(CC#N)nc12. The van der Waals surface area contributed by atoms with Crippen LogP contribution in [0.3, 0.4) is 0 Å². The van der Waals surface area contributed by atoms with Crippen LogP contribution in [0.25, 0.3) is 11.0 Å². The molecule has 1 fully saturated rings. The Kier molecular flexibility index (Phi) is 6.89. The van der Waals surface area contributed by atoms with Gasteiger partial charge in [0.15, 0.2) is 0 Å². The van der Waals surface area contributed by atoms with Crippen molar-refractivity contribution < 1.29 is 4.74 Å². The number of aryl methyl sites for hydroxylation is 1. The molecular weight excluding hydrogens is 430 g/mol. The van der Waals surface area contributed by atoms with Crippen molar-refractivity contribution in [3.8, 4) is 11.9 Å². The Balaban J connectivity index is 1.70. The van der Waals surface area contributed by atoms with E-state index in [-0.39, 0.29) is 24.2 Å². The Morgan fingerprint density at radius 2 is 2.00 bits per heavy atom. The summed E-state index contributed by atoms with van der Waals surface area (Å²) in [6, 6.07) is 8.58. The first-order chi connectivity index (χ1) is 16.4. The first kappa shape index (κ1) is 23.8. The van der Waals surface area contributed by atoms with Gasteiger partial charge in [-0.3, -0.25) is 14.4 Å². The molecule has 0 saturated carbocycles. The number of pyridine rings is 2. The van der Waals surface area contributed by atoms with Crippen molar-refractivity contribution in [1.82, 2.24) is 24.2 Å². The molecule has 34 heavy (non-hydrogen) atoms. The number of ether oxygens (including phenoxy) is 1. The van der Waals surface area contributed by atoms with Gasteiger partial charge in [-0.05, 0) is 25.3 Å². The van der Waals surface area contributed by atoms with Gasteiger partial charge in [-0.2, -0.15) is 10.4 Å². The van der Waals surface area contributed by atoms with Gasteiger partial charge < -0.3 is 14.2 Å². The van der Waals surface area contributed by atoms with Crippen molar-refractivity contribution in [3.63, 3.8) is 0 Å². The maximum Gasteiger partial charge on any atom is 0.252 e. The lowest BCUT2D eigenvalue weighted by Gasteiger charge is -2.49. The Hall–Kier alpha value is -3.38. The van der Waals surface area contributed by atoms with E-state index in [1.807, 2.05) is 12.3 Å². The Labute approximate surface area is 200 Å². The quantitative estimate of drug-likeness (QED) is 0.532. The van der Waals surface area contributed by atoms with E-state index in [1.165, 1.54) is 0 Å². The largest absolute Gasteiger partial charge is 0.481 e. The third kappa shape index (κ3) is 4.26. The third-order valence-corrected chi connectivity index (χ3v) is 7.11. The predicted molar refractivity (Wildman–Crippen MR) is 132 cm³/mol. The highest BCUT2D eigenvalue weighted by Gasteiger charge is 2.36. The standard InChI is InChI=1S/C25H33N7O2/c1-6-19-15-32(21-12-24(33)29(4)22-16-30(11-10-26)28-25(21)22)20(7-2)14-31(19)17(3)18-8-9-23(34-5)27-13-18/h8-9,12-13,16-17,19-20H,6-7,11,14-15H2,1-5H3/t17?,19-,20+/m1/s1. The number of hydrogen-bond donors (Lipinski definition) is 0. The van der Waals surface area contributed by atoms with E-state index in [2.05, 4.69) is 52.8 Å². The molecule has 0 N–H and O–H groups in total. The zero-order valence-electron chi connectivity index (χ0n) is 20.6. The Morgan fingerprint density at radius 1 is 1.24 bits per heavy atom. The first-order valence-electron chi connectivity index (χ1n) is 11.9. The van der Waals surface area contributed by atoms with E-state index in [4.69, 9.17) is 10.00 Å². The molecule has 9 nitrogen and oxygen atoms in total. The second kappa shape index (κ2) is 9.85. The monoisotopic (exact) mass is 463 g/mol. The van der Waals surface area contributed by atoms with Crippen LogP contribution in [0.15, 0.2) is 35.4 Å². The molecule has 3 aromatic heterocycles. The number of aromatic nitrogens is 4. The van der Waals surface area contributed by atoms with Crippen LogP contribution in [0, 0.1) is 11.3 Å². The van der Waals surface area contributed by atoms with E-state index in [0.29, 0.717) is 11.9 Å². The molecule has 0 radical (unpaired) electrons. The summed E-state index contributed by atoms with van der Waals surface area (Å²) >= 11 is 0. The molecule has 4 rings (SSSR count). The smallest absolute Gasteiger partial charge is 0.252 e. The molecule has 0 amide bonds. The fourth-order valence-corrected chi connectivity index (χ4v) is 5.02. The highest BCUT2D eigenvalue weighted by Crippen LogP contribution is 2.34. The van der Waals surface area contributed by atoms with Gasteiger partial charge in [0.05, 0.1) is 30.6 Å².